The van der Waals surface area contributed by atoms with Crippen LogP contribution in [0.3, 0.4) is 0 Å². The van der Waals surface area contributed by atoms with E-state index in [1.165, 1.54) is 82.8 Å². The number of hydrogen-bond acceptors (Lipinski definition) is 6. The number of hydrogen-bond donors (Lipinski definition) is 2. The maximum Gasteiger partial charge on any atom is 1.11 e. The Bertz CT molecular complexity index is 740. The monoisotopic (exact) mass is 528 g/mol. The van der Waals surface area contributed by atoms with Crippen molar-refractivity contribution in [3.05, 3.63) is 35.9 Å². The summed E-state index contributed by atoms with van der Waals surface area (Å²) in [5.41, 5.74) is 0.165. The van der Waals surface area contributed by atoms with E-state index in [1.54, 1.807) is 18.2 Å². The Kier molecular flexibility index (Phi) is 18.1. The summed E-state index contributed by atoms with van der Waals surface area (Å²) >= 11 is -3.70. The zero-order valence-electron chi connectivity index (χ0n) is 21.1. The highest BCUT2D eigenvalue weighted by Crippen LogP contribution is 2.37. The first-order chi connectivity index (χ1) is 16.8. The Morgan fingerprint density at radius 2 is 1.20 bits per heavy atom. The molecule has 0 heterocycles. The van der Waals surface area contributed by atoms with Crippen LogP contribution in [0.25, 0.3) is 0 Å². The van der Waals surface area contributed by atoms with Gasteiger partial charge in [0.1, 0.15) is 0 Å². The van der Waals surface area contributed by atoms with E-state index in [2.05, 4.69) is 10.5 Å². The van der Waals surface area contributed by atoms with Gasteiger partial charge in [0.2, 0.25) is 0 Å². The average molecular weight is 529 g/mol. The lowest BCUT2D eigenvalue weighted by Gasteiger charge is -2.14. The molecule has 35 heavy (non-hydrogen) atoms. The van der Waals surface area contributed by atoms with Crippen molar-refractivity contribution in [3.8, 4) is 0 Å². The number of carbonyl (C=O) groups excluding carboxylic acids is 2. The van der Waals surface area contributed by atoms with Crippen LogP contribution in [0.2, 0.25) is 0 Å². The third kappa shape index (κ3) is 18.7. The van der Waals surface area contributed by atoms with Gasteiger partial charge in [-0.25, -0.2) is 9.36 Å². The van der Waals surface area contributed by atoms with Gasteiger partial charge in [0, 0.05) is 6.42 Å². The molecule has 0 fully saturated rings. The molecule has 0 saturated heterocycles. The summed E-state index contributed by atoms with van der Waals surface area (Å²) in [6.07, 6.45) is 18.2. The van der Waals surface area contributed by atoms with Crippen LogP contribution in [-0.2, 0) is 20.5 Å². The number of unbranched alkanes of at least 4 members (excludes halogenated alkanes) is 14. The molecule has 1 aromatic rings. The smallest absolute Gasteiger partial charge is 0.561 e. The summed E-state index contributed by atoms with van der Waals surface area (Å²) in [5.74, 6) is -1.55. The molecule has 1 aromatic carbocycles. The molecular weight excluding hydrogens is 486 g/mol. The molecular formula is C25H42AlO8P. The third-order valence-corrected chi connectivity index (χ3v) is 8.30. The largest absolute Gasteiger partial charge is 1.11 e. The minimum Gasteiger partial charge on any atom is -0.561 e. The highest BCUT2D eigenvalue weighted by Gasteiger charge is 2.48. The molecule has 2 N–H and O–H groups in total. The first-order valence-electron chi connectivity index (χ1n) is 13.0. The van der Waals surface area contributed by atoms with Gasteiger partial charge in [0.25, 0.3) is 5.97 Å². The van der Waals surface area contributed by atoms with Gasteiger partial charge < -0.3 is 20.9 Å². The van der Waals surface area contributed by atoms with E-state index < -0.39 is 34.9 Å². The van der Waals surface area contributed by atoms with Crippen molar-refractivity contribution >= 4 is 34.9 Å². The Labute approximate surface area is 215 Å². The van der Waals surface area contributed by atoms with Crippen LogP contribution in [0.5, 0.6) is 0 Å². The lowest BCUT2D eigenvalue weighted by Crippen LogP contribution is -2.31. The van der Waals surface area contributed by atoms with E-state index in [9.17, 15) is 14.2 Å². The Morgan fingerprint density at radius 1 is 0.743 bits per heavy atom. The van der Waals surface area contributed by atoms with Crippen LogP contribution in [0.15, 0.2) is 30.3 Å². The highest BCUT2D eigenvalue weighted by molar-refractivity contribution is 7.47. The van der Waals surface area contributed by atoms with Gasteiger partial charge >= 0.3 is 28.9 Å². The van der Waals surface area contributed by atoms with E-state index >= 15 is 0 Å². The van der Waals surface area contributed by atoms with Crippen LogP contribution in [-0.4, -0.2) is 36.9 Å². The lowest BCUT2D eigenvalue weighted by molar-refractivity contribution is -0.136. The average Bonchev–Trinajstić information content (AvgIpc) is 2.81. The molecule has 0 radical (unpaired) electrons. The van der Waals surface area contributed by atoms with Gasteiger partial charge in [0.05, 0.1) is 5.56 Å². The van der Waals surface area contributed by atoms with Crippen LogP contribution >= 0.6 is 7.82 Å². The fourth-order valence-electron chi connectivity index (χ4n) is 3.72. The SMILES string of the molecule is CCCCCCCCCCCCCCCCCC(=O)[O][Al]([O]C(=O)c1ccccc1)[O]P(=O)(O)O. The molecule has 0 atom stereocenters. The van der Waals surface area contributed by atoms with Crippen molar-refractivity contribution in [2.75, 3.05) is 0 Å². The molecule has 0 spiro atoms. The minimum atomic E-state index is -4.98. The van der Waals surface area contributed by atoms with E-state index in [4.69, 9.17) is 17.4 Å². The van der Waals surface area contributed by atoms with Crippen LogP contribution in [0.1, 0.15) is 120 Å². The summed E-state index contributed by atoms with van der Waals surface area (Å²) < 4.78 is 25.6. The Hall–Kier alpha value is -1.20. The Balaban J connectivity index is 2.12. The van der Waals surface area contributed by atoms with Crippen LogP contribution in [0, 0.1) is 0 Å². The van der Waals surface area contributed by atoms with Crippen LogP contribution < -0.4 is 0 Å². The topological polar surface area (TPSA) is 119 Å². The fraction of sp³-hybridized carbons (Fsp3) is 0.680. The van der Waals surface area contributed by atoms with Crippen molar-refractivity contribution in [1.82, 2.24) is 0 Å². The molecule has 0 bridgehead atoms. The maximum absolute atomic E-state index is 12.1. The zero-order valence-corrected chi connectivity index (χ0v) is 23.1. The van der Waals surface area contributed by atoms with Crippen LogP contribution in [0.4, 0.5) is 0 Å². The van der Waals surface area contributed by atoms with Crippen molar-refractivity contribution in [3.63, 3.8) is 0 Å². The first-order valence-corrected chi connectivity index (χ1v) is 16.0. The number of rotatable bonds is 21. The molecule has 0 amide bonds. The molecule has 10 heteroatoms. The predicted molar refractivity (Wildman–Crippen MR) is 136 cm³/mol. The van der Waals surface area contributed by atoms with E-state index in [-0.39, 0.29) is 12.0 Å². The molecule has 0 aliphatic carbocycles. The number of carbonyl (C=O) groups is 2. The predicted octanol–water partition coefficient (Wildman–Crippen LogP) is 6.74. The lowest BCUT2D eigenvalue weighted by atomic mass is 10.0. The standard InChI is InChI=1S/C18H36O2.C7H6O2.Al.H3O4P/c1-2-3-4-5-6-7-8-9-10-11-12-13-14-15-16-17-18(19)20;8-7(9)6-4-2-1-3-5-6;;1-5(2,3)4/h2-17H2,1H3,(H,19,20);1-5H,(H,8,9);;(H3,1,2,3,4)/q;;+3;/p-3. The summed E-state index contributed by atoms with van der Waals surface area (Å²) in [6.45, 7) is 2.24. The fourth-order valence-corrected chi connectivity index (χ4v) is 5.65. The summed E-state index contributed by atoms with van der Waals surface area (Å²) in [7, 11) is -4.98. The molecule has 8 nitrogen and oxygen atoms in total. The zero-order chi connectivity index (χ0) is 25.8. The van der Waals surface area contributed by atoms with E-state index in [0.717, 1.165) is 19.3 Å². The molecule has 0 aliphatic heterocycles. The maximum atomic E-state index is 12.1. The number of benzene rings is 1. The Morgan fingerprint density at radius 3 is 1.66 bits per heavy atom. The molecule has 198 valence electrons. The molecule has 0 unspecified atom stereocenters. The summed E-state index contributed by atoms with van der Waals surface area (Å²) in [5, 5.41) is 0. The quantitative estimate of drug-likeness (QED) is 0.102. The molecule has 0 aromatic heterocycles. The van der Waals surface area contributed by atoms with E-state index in [0.29, 0.717) is 6.42 Å². The second-order valence-corrected chi connectivity index (χ2v) is 11.7. The molecule has 0 saturated carbocycles. The van der Waals surface area contributed by atoms with Gasteiger partial charge in [-0.3, -0.25) is 4.79 Å². The van der Waals surface area contributed by atoms with Gasteiger partial charge in [-0.1, -0.05) is 115 Å². The number of phosphoric acid groups is 1. The van der Waals surface area contributed by atoms with Gasteiger partial charge in [-0.05, 0) is 18.6 Å². The van der Waals surface area contributed by atoms with Gasteiger partial charge in [-0.15, -0.1) is 0 Å². The third-order valence-electron chi connectivity index (χ3n) is 5.65. The van der Waals surface area contributed by atoms with Crippen molar-refractivity contribution in [1.29, 1.82) is 0 Å². The highest BCUT2D eigenvalue weighted by atomic mass is 31.2. The second-order valence-electron chi connectivity index (χ2n) is 8.85. The van der Waals surface area contributed by atoms with Crippen molar-refractivity contribution in [2.24, 2.45) is 0 Å². The molecule has 0 aliphatic rings. The summed E-state index contributed by atoms with van der Waals surface area (Å²) in [4.78, 5) is 42.3. The van der Waals surface area contributed by atoms with Crippen molar-refractivity contribution < 1.29 is 35.1 Å². The normalized spacial score (nSPS) is 11.3. The second kappa shape index (κ2) is 19.9. The molecule has 1 rings (SSSR count). The first kappa shape index (κ1) is 31.8. The van der Waals surface area contributed by atoms with Gasteiger partial charge in [0.15, 0.2) is 0 Å². The van der Waals surface area contributed by atoms with Crippen molar-refractivity contribution in [2.45, 2.75) is 110 Å². The van der Waals surface area contributed by atoms with E-state index in [1.807, 2.05) is 0 Å². The summed E-state index contributed by atoms with van der Waals surface area (Å²) in [6, 6.07) is 7.87. The minimum absolute atomic E-state index is 0.0785. The van der Waals surface area contributed by atoms with Gasteiger partial charge in [-0.2, -0.15) is 0 Å².